The van der Waals surface area contributed by atoms with E-state index in [9.17, 15) is 19.2 Å². The van der Waals surface area contributed by atoms with Gasteiger partial charge in [-0.05, 0) is 54.5 Å². The van der Waals surface area contributed by atoms with E-state index >= 15 is 0 Å². The summed E-state index contributed by atoms with van der Waals surface area (Å²) >= 11 is 0. The van der Waals surface area contributed by atoms with Crippen molar-refractivity contribution in [2.45, 2.75) is 76.3 Å². The zero-order valence-electron chi connectivity index (χ0n) is 25.4. The van der Waals surface area contributed by atoms with E-state index in [4.69, 9.17) is 18.9 Å². The summed E-state index contributed by atoms with van der Waals surface area (Å²) in [4.78, 5) is 52.6. The van der Waals surface area contributed by atoms with Gasteiger partial charge in [0.1, 0.15) is 37.2 Å². The maximum Gasteiger partial charge on any atom is 0.408 e. The van der Waals surface area contributed by atoms with Gasteiger partial charge in [0.15, 0.2) is 0 Å². The minimum Gasteiger partial charge on any atom is -0.497 e. The fourth-order valence-corrected chi connectivity index (χ4v) is 4.99. The van der Waals surface area contributed by atoms with Gasteiger partial charge in [-0.1, -0.05) is 79.2 Å². The number of amides is 2. The van der Waals surface area contributed by atoms with E-state index in [0.717, 1.165) is 48.8 Å². The Labute approximate surface area is 263 Å². The number of ether oxygens (including phenoxy) is 4. The second kappa shape index (κ2) is 17.4. The molecule has 0 radical (unpaired) electrons. The molecular formula is C35H40N2O8. The topological polar surface area (TPSA) is 129 Å². The summed E-state index contributed by atoms with van der Waals surface area (Å²) in [6.07, 6.45) is 3.13. The van der Waals surface area contributed by atoms with Gasteiger partial charge < -0.3 is 29.6 Å². The van der Waals surface area contributed by atoms with Crippen LogP contribution in [0.25, 0.3) is 0 Å². The van der Waals surface area contributed by atoms with Crippen LogP contribution in [-0.2, 0) is 48.2 Å². The molecule has 10 heteroatoms. The van der Waals surface area contributed by atoms with Crippen molar-refractivity contribution >= 4 is 23.9 Å². The normalized spacial score (nSPS) is 14.3. The summed E-state index contributed by atoms with van der Waals surface area (Å²) in [7, 11) is 1.56. The second-order valence-electron chi connectivity index (χ2n) is 10.9. The molecule has 10 nitrogen and oxygen atoms in total. The summed E-state index contributed by atoms with van der Waals surface area (Å²) in [6.45, 7) is -0.0486. The first-order valence-electron chi connectivity index (χ1n) is 15.2. The van der Waals surface area contributed by atoms with E-state index in [0.29, 0.717) is 5.75 Å². The number of esters is 2. The highest BCUT2D eigenvalue weighted by Crippen LogP contribution is 2.21. The smallest absolute Gasteiger partial charge is 0.408 e. The van der Waals surface area contributed by atoms with Gasteiger partial charge in [-0.2, -0.15) is 0 Å². The van der Waals surface area contributed by atoms with Gasteiger partial charge in [-0.25, -0.2) is 9.59 Å². The standard InChI is InChI=1S/C35H40N2O8/c1-42-28-19-17-27(18-20-28)23-43-34(40)31(21-25-11-5-2-6-12-25)36-33(39)30(22-32(38)45-29-15-9-4-10-16-29)37-35(41)44-24-26-13-7-3-8-14-26/h2-3,5-8,11-14,17-20,29-31H,4,9-10,15-16,21-24H2,1H3,(H,36,39)(H,37,41)/t30-,31?/m0/s1. The van der Waals surface area contributed by atoms with Crippen molar-refractivity contribution in [3.05, 3.63) is 102 Å². The minimum absolute atomic E-state index is 0.0226. The van der Waals surface area contributed by atoms with E-state index in [1.54, 1.807) is 43.5 Å². The first kappa shape index (κ1) is 33.0. The summed E-state index contributed by atoms with van der Waals surface area (Å²) in [5, 5.41) is 5.19. The second-order valence-corrected chi connectivity index (χ2v) is 10.9. The molecule has 2 amide bonds. The van der Waals surface area contributed by atoms with Crippen LogP contribution in [0.15, 0.2) is 84.9 Å². The lowest BCUT2D eigenvalue weighted by Crippen LogP contribution is -2.53. The number of rotatable bonds is 14. The van der Waals surface area contributed by atoms with E-state index in [1.807, 2.05) is 48.5 Å². The predicted molar refractivity (Wildman–Crippen MR) is 166 cm³/mol. The Morgan fingerprint density at radius 2 is 1.31 bits per heavy atom. The molecule has 1 fully saturated rings. The average Bonchev–Trinajstić information content (AvgIpc) is 3.07. The molecule has 45 heavy (non-hydrogen) atoms. The fraction of sp³-hybridized carbons (Fsp3) is 0.371. The van der Waals surface area contributed by atoms with Gasteiger partial charge in [0.25, 0.3) is 0 Å². The SMILES string of the molecule is COc1ccc(COC(=O)C(Cc2ccccc2)NC(=O)[C@H](CC(=O)OC2CCCCC2)NC(=O)OCc2ccccc2)cc1. The van der Waals surface area contributed by atoms with Crippen molar-refractivity contribution in [2.75, 3.05) is 7.11 Å². The number of alkyl carbamates (subject to hydrolysis) is 1. The quantitative estimate of drug-likeness (QED) is 0.191. The lowest BCUT2D eigenvalue weighted by Gasteiger charge is -2.25. The van der Waals surface area contributed by atoms with Crippen LogP contribution in [0, 0.1) is 0 Å². The predicted octanol–water partition coefficient (Wildman–Crippen LogP) is 5.03. The van der Waals surface area contributed by atoms with Crippen LogP contribution < -0.4 is 15.4 Å². The maximum absolute atomic E-state index is 13.6. The van der Waals surface area contributed by atoms with Crippen LogP contribution in [0.2, 0.25) is 0 Å². The van der Waals surface area contributed by atoms with Crippen molar-refractivity contribution in [1.29, 1.82) is 0 Å². The molecule has 1 aliphatic rings. The van der Waals surface area contributed by atoms with Crippen LogP contribution in [0.4, 0.5) is 4.79 Å². The molecular weight excluding hydrogens is 576 g/mol. The van der Waals surface area contributed by atoms with Crippen LogP contribution in [0.5, 0.6) is 5.75 Å². The van der Waals surface area contributed by atoms with Gasteiger partial charge in [0.2, 0.25) is 5.91 Å². The zero-order chi connectivity index (χ0) is 31.9. The maximum atomic E-state index is 13.6. The molecule has 4 rings (SSSR count). The lowest BCUT2D eigenvalue weighted by atomic mass is 9.98. The van der Waals surface area contributed by atoms with Crippen LogP contribution in [0.1, 0.15) is 55.2 Å². The molecule has 0 aliphatic heterocycles. The van der Waals surface area contributed by atoms with Gasteiger partial charge in [0.05, 0.1) is 13.5 Å². The summed E-state index contributed by atoms with van der Waals surface area (Å²) in [5.74, 6) is -1.36. The van der Waals surface area contributed by atoms with E-state index in [1.165, 1.54) is 0 Å². The fourth-order valence-electron chi connectivity index (χ4n) is 4.99. The van der Waals surface area contributed by atoms with Crippen molar-refractivity contribution in [3.8, 4) is 5.75 Å². The Hall–Kier alpha value is -4.86. The molecule has 0 saturated heterocycles. The number of hydrogen-bond acceptors (Lipinski definition) is 8. The third-order valence-corrected chi connectivity index (χ3v) is 7.47. The van der Waals surface area contributed by atoms with Gasteiger partial charge in [0, 0.05) is 6.42 Å². The molecule has 0 heterocycles. The highest BCUT2D eigenvalue weighted by molar-refractivity contribution is 5.92. The number of methoxy groups -OCH3 is 1. The number of nitrogens with one attached hydrogen (secondary N) is 2. The van der Waals surface area contributed by atoms with Gasteiger partial charge in [-0.3, -0.25) is 9.59 Å². The molecule has 0 spiro atoms. The van der Waals surface area contributed by atoms with Gasteiger partial charge in [-0.15, -0.1) is 0 Å². The Morgan fingerprint density at radius 1 is 0.711 bits per heavy atom. The molecule has 1 aliphatic carbocycles. The van der Waals surface area contributed by atoms with Gasteiger partial charge >= 0.3 is 18.0 Å². The van der Waals surface area contributed by atoms with Crippen molar-refractivity contribution < 1.29 is 38.1 Å². The Balaban J connectivity index is 1.45. The van der Waals surface area contributed by atoms with Crippen LogP contribution in [0.3, 0.4) is 0 Å². The van der Waals surface area contributed by atoms with Crippen molar-refractivity contribution in [2.24, 2.45) is 0 Å². The highest BCUT2D eigenvalue weighted by Gasteiger charge is 2.31. The van der Waals surface area contributed by atoms with Crippen LogP contribution >= 0.6 is 0 Å². The molecule has 1 unspecified atom stereocenters. The lowest BCUT2D eigenvalue weighted by molar-refractivity contribution is -0.152. The molecule has 238 valence electrons. The number of carbonyl (C=O) groups is 4. The molecule has 3 aromatic rings. The number of carbonyl (C=O) groups excluding carboxylic acids is 4. The first-order valence-corrected chi connectivity index (χ1v) is 15.2. The Bertz CT molecular complexity index is 1380. The monoisotopic (exact) mass is 616 g/mol. The van der Waals surface area contributed by atoms with Crippen LogP contribution in [-0.4, -0.2) is 49.2 Å². The molecule has 3 aromatic carbocycles. The number of hydrogen-bond donors (Lipinski definition) is 2. The van der Waals surface area contributed by atoms with E-state index in [-0.39, 0.29) is 25.7 Å². The van der Waals surface area contributed by atoms with E-state index in [2.05, 4.69) is 10.6 Å². The van der Waals surface area contributed by atoms with Crippen molar-refractivity contribution in [3.63, 3.8) is 0 Å². The molecule has 0 bridgehead atoms. The summed E-state index contributed by atoms with van der Waals surface area (Å²) in [5.41, 5.74) is 2.28. The zero-order valence-corrected chi connectivity index (χ0v) is 25.4. The third kappa shape index (κ3) is 11.3. The first-order chi connectivity index (χ1) is 21.9. The third-order valence-electron chi connectivity index (χ3n) is 7.47. The Morgan fingerprint density at radius 3 is 1.96 bits per heavy atom. The average molecular weight is 617 g/mol. The highest BCUT2D eigenvalue weighted by atomic mass is 16.6. The molecule has 0 aromatic heterocycles. The Kier molecular flexibility index (Phi) is 12.8. The molecule has 2 N–H and O–H groups in total. The van der Waals surface area contributed by atoms with E-state index < -0.39 is 42.4 Å². The molecule has 2 atom stereocenters. The largest absolute Gasteiger partial charge is 0.497 e. The number of benzene rings is 3. The summed E-state index contributed by atoms with van der Waals surface area (Å²) < 4.78 is 21.7. The summed E-state index contributed by atoms with van der Waals surface area (Å²) in [6, 6.07) is 22.8. The minimum atomic E-state index is -1.35. The molecule has 1 saturated carbocycles. The van der Waals surface area contributed by atoms with Crippen molar-refractivity contribution in [1.82, 2.24) is 10.6 Å².